The van der Waals surface area contributed by atoms with Gasteiger partial charge in [-0.05, 0) is 64.4 Å². The molecule has 1 saturated heterocycles. The van der Waals surface area contributed by atoms with E-state index in [-0.39, 0.29) is 0 Å². The summed E-state index contributed by atoms with van der Waals surface area (Å²) >= 11 is 1.93. The molecular weight excluding hydrogens is 216 g/mol. The highest BCUT2D eigenvalue weighted by Gasteiger charge is 2.23. The van der Waals surface area contributed by atoms with Crippen molar-refractivity contribution in [3.63, 3.8) is 0 Å². The Morgan fingerprint density at radius 2 is 2.12 bits per heavy atom. The van der Waals surface area contributed by atoms with Crippen LogP contribution < -0.4 is 5.73 Å². The number of hydrogen-bond donors (Lipinski definition) is 1. The molecule has 0 bridgehead atoms. The molecule has 90 valence electrons. The van der Waals surface area contributed by atoms with Crippen LogP contribution in [0.4, 0.5) is 0 Å². The van der Waals surface area contributed by atoms with Gasteiger partial charge < -0.3 is 5.73 Å². The van der Waals surface area contributed by atoms with Crippen molar-refractivity contribution in [2.75, 3.05) is 19.6 Å². The van der Waals surface area contributed by atoms with E-state index in [1.54, 1.807) is 0 Å². The van der Waals surface area contributed by atoms with Crippen LogP contribution in [-0.2, 0) is 0 Å². The lowest BCUT2D eigenvalue weighted by Gasteiger charge is -2.35. The third-order valence-electron chi connectivity index (χ3n) is 3.70. The van der Waals surface area contributed by atoms with Gasteiger partial charge in [0.15, 0.2) is 0 Å². The highest BCUT2D eigenvalue weighted by molar-refractivity contribution is 7.12. The number of hydrogen-bond acceptors (Lipinski definition) is 3. The van der Waals surface area contributed by atoms with E-state index < -0.39 is 0 Å². The molecule has 1 atom stereocenters. The monoisotopic (exact) mass is 238 g/mol. The first-order valence-electron chi connectivity index (χ1n) is 6.21. The van der Waals surface area contributed by atoms with Crippen LogP contribution in [0.1, 0.15) is 35.6 Å². The molecule has 0 saturated carbocycles. The second-order valence-corrected chi connectivity index (χ2v) is 6.16. The van der Waals surface area contributed by atoms with Crippen molar-refractivity contribution in [2.24, 2.45) is 11.7 Å². The smallest absolute Gasteiger partial charge is 0.0413 e. The van der Waals surface area contributed by atoms with Crippen LogP contribution >= 0.6 is 11.3 Å². The van der Waals surface area contributed by atoms with Crippen LogP contribution in [0, 0.1) is 12.8 Å². The third-order valence-corrected chi connectivity index (χ3v) is 4.87. The lowest BCUT2D eigenvalue weighted by molar-refractivity contribution is 0.145. The van der Waals surface area contributed by atoms with Crippen molar-refractivity contribution in [3.05, 3.63) is 21.9 Å². The highest BCUT2D eigenvalue weighted by atomic mass is 32.1. The third kappa shape index (κ3) is 2.65. The molecule has 0 aromatic carbocycles. The second kappa shape index (κ2) is 5.30. The van der Waals surface area contributed by atoms with E-state index in [9.17, 15) is 0 Å². The molecule has 1 aliphatic heterocycles. The van der Waals surface area contributed by atoms with Crippen molar-refractivity contribution in [2.45, 2.75) is 32.7 Å². The Balaban J connectivity index is 1.93. The summed E-state index contributed by atoms with van der Waals surface area (Å²) in [5.41, 5.74) is 5.72. The summed E-state index contributed by atoms with van der Waals surface area (Å²) in [6.45, 7) is 7.79. The lowest BCUT2D eigenvalue weighted by atomic mass is 9.96. The Kier molecular flexibility index (Phi) is 4.00. The minimum atomic E-state index is 0.581. The average molecular weight is 238 g/mol. The number of thiophene rings is 1. The molecule has 1 aliphatic rings. The highest BCUT2D eigenvalue weighted by Crippen LogP contribution is 2.30. The van der Waals surface area contributed by atoms with Crippen molar-refractivity contribution in [3.8, 4) is 0 Å². The maximum Gasteiger partial charge on any atom is 0.0413 e. The van der Waals surface area contributed by atoms with Gasteiger partial charge in [0.1, 0.15) is 0 Å². The van der Waals surface area contributed by atoms with Crippen LogP contribution in [0.5, 0.6) is 0 Å². The van der Waals surface area contributed by atoms with Gasteiger partial charge >= 0.3 is 0 Å². The van der Waals surface area contributed by atoms with E-state index in [1.807, 2.05) is 11.3 Å². The van der Waals surface area contributed by atoms with Gasteiger partial charge in [0.25, 0.3) is 0 Å². The molecule has 2 nitrogen and oxygen atoms in total. The minimum Gasteiger partial charge on any atom is -0.330 e. The van der Waals surface area contributed by atoms with E-state index in [1.165, 1.54) is 35.7 Å². The number of aryl methyl sites for hydroxylation is 1. The van der Waals surface area contributed by atoms with Gasteiger partial charge in [0.2, 0.25) is 0 Å². The van der Waals surface area contributed by atoms with E-state index in [0.29, 0.717) is 6.04 Å². The minimum absolute atomic E-state index is 0.581. The van der Waals surface area contributed by atoms with Gasteiger partial charge in [-0.3, -0.25) is 4.90 Å². The SMILES string of the molecule is Cc1ccc(C(C)N2CCC(CN)CC2)s1. The molecule has 2 rings (SSSR count). The molecule has 0 amide bonds. The Morgan fingerprint density at radius 1 is 1.44 bits per heavy atom. The van der Waals surface area contributed by atoms with Gasteiger partial charge in [-0.2, -0.15) is 0 Å². The Hall–Kier alpha value is -0.380. The zero-order chi connectivity index (χ0) is 11.5. The van der Waals surface area contributed by atoms with Gasteiger partial charge in [0, 0.05) is 15.8 Å². The number of nitrogens with two attached hydrogens (primary N) is 1. The lowest BCUT2D eigenvalue weighted by Crippen LogP contribution is -2.37. The van der Waals surface area contributed by atoms with Gasteiger partial charge in [0.05, 0.1) is 0 Å². The number of piperidine rings is 1. The van der Waals surface area contributed by atoms with Crippen molar-refractivity contribution in [1.29, 1.82) is 0 Å². The molecule has 1 fully saturated rings. The quantitative estimate of drug-likeness (QED) is 0.877. The van der Waals surface area contributed by atoms with Crippen molar-refractivity contribution >= 4 is 11.3 Å². The van der Waals surface area contributed by atoms with Crippen LogP contribution in [-0.4, -0.2) is 24.5 Å². The fourth-order valence-corrected chi connectivity index (χ4v) is 3.40. The first-order chi connectivity index (χ1) is 7.70. The summed E-state index contributed by atoms with van der Waals surface area (Å²) in [6, 6.07) is 5.08. The molecule has 1 aromatic rings. The fraction of sp³-hybridized carbons (Fsp3) is 0.692. The number of nitrogens with zero attached hydrogens (tertiary/aromatic N) is 1. The first-order valence-corrected chi connectivity index (χ1v) is 7.03. The van der Waals surface area contributed by atoms with E-state index >= 15 is 0 Å². The second-order valence-electron chi connectivity index (χ2n) is 4.84. The maximum absolute atomic E-state index is 5.72. The summed E-state index contributed by atoms with van der Waals surface area (Å²) < 4.78 is 0. The van der Waals surface area contributed by atoms with Crippen LogP contribution in [0.25, 0.3) is 0 Å². The van der Waals surface area contributed by atoms with Crippen molar-refractivity contribution < 1.29 is 0 Å². The summed E-state index contributed by atoms with van der Waals surface area (Å²) in [4.78, 5) is 5.51. The normalized spacial score (nSPS) is 21.2. The fourth-order valence-electron chi connectivity index (χ4n) is 2.43. The van der Waals surface area contributed by atoms with Crippen LogP contribution in [0.15, 0.2) is 12.1 Å². The Morgan fingerprint density at radius 3 is 2.62 bits per heavy atom. The number of rotatable bonds is 3. The molecule has 0 spiro atoms. The first kappa shape index (κ1) is 12.1. The number of likely N-dealkylation sites (tertiary alicyclic amines) is 1. The molecule has 0 radical (unpaired) electrons. The van der Waals surface area contributed by atoms with Crippen LogP contribution in [0.2, 0.25) is 0 Å². The molecule has 1 unspecified atom stereocenters. The zero-order valence-corrected chi connectivity index (χ0v) is 11.1. The average Bonchev–Trinajstić information content (AvgIpc) is 2.75. The largest absolute Gasteiger partial charge is 0.330 e. The topological polar surface area (TPSA) is 29.3 Å². The molecule has 3 heteroatoms. The summed E-state index contributed by atoms with van der Waals surface area (Å²) in [6.07, 6.45) is 2.54. The molecular formula is C13H22N2S. The van der Waals surface area contributed by atoms with Gasteiger partial charge in [-0.1, -0.05) is 0 Å². The molecule has 1 aromatic heterocycles. The van der Waals surface area contributed by atoms with Crippen molar-refractivity contribution in [1.82, 2.24) is 4.90 Å². The van der Waals surface area contributed by atoms with Gasteiger partial charge in [-0.25, -0.2) is 0 Å². The predicted octanol–water partition coefficient (Wildman–Crippen LogP) is 2.79. The van der Waals surface area contributed by atoms with Gasteiger partial charge in [-0.15, -0.1) is 11.3 Å². The summed E-state index contributed by atoms with van der Waals surface area (Å²) in [5.74, 6) is 0.758. The summed E-state index contributed by atoms with van der Waals surface area (Å²) in [5, 5.41) is 0. The molecule has 16 heavy (non-hydrogen) atoms. The predicted molar refractivity (Wildman–Crippen MR) is 70.8 cm³/mol. The molecule has 2 N–H and O–H groups in total. The standard InChI is InChI=1S/C13H22N2S/c1-10-3-4-13(16-10)11(2)15-7-5-12(9-14)6-8-15/h3-4,11-12H,5-9,14H2,1-2H3. The van der Waals surface area contributed by atoms with E-state index in [4.69, 9.17) is 5.73 Å². The van der Waals surface area contributed by atoms with Crippen LogP contribution in [0.3, 0.4) is 0 Å². The maximum atomic E-state index is 5.72. The Labute approximate surface area is 102 Å². The molecule has 0 aliphatic carbocycles. The summed E-state index contributed by atoms with van der Waals surface area (Å²) in [7, 11) is 0. The van der Waals surface area contributed by atoms with E-state index in [2.05, 4.69) is 30.9 Å². The molecule has 2 heterocycles. The Bertz CT molecular complexity index is 326. The van der Waals surface area contributed by atoms with E-state index in [0.717, 1.165) is 12.5 Å². The zero-order valence-electron chi connectivity index (χ0n) is 10.3.